The first-order chi connectivity index (χ1) is 5.90. The minimum atomic E-state index is -2.24. The molecular weight excluding hydrogens is 196 g/mol. The van der Waals surface area contributed by atoms with Crippen molar-refractivity contribution in [2.24, 2.45) is 5.41 Å². The van der Waals surface area contributed by atoms with E-state index in [-0.39, 0.29) is 6.61 Å². The van der Waals surface area contributed by atoms with Gasteiger partial charge in [-0.15, -0.1) is 0 Å². The predicted molar refractivity (Wildman–Crippen MR) is 45.5 cm³/mol. The summed E-state index contributed by atoms with van der Waals surface area (Å²) in [5.41, 5.74) is -0.811. The fourth-order valence-corrected chi connectivity index (χ4v) is 0.919. The van der Waals surface area contributed by atoms with Crippen molar-refractivity contribution in [2.45, 2.75) is 13.8 Å². The molecule has 0 bridgehead atoms. The predicted octanol–water partition coefficient (Wildman–Crippen LogP) is 0.0388. The fourth-order valence-electron chi connectivity index (χ4n) is 0.700. The Hall–Kier alpha value is -0.460. The molecule has 78 valence electrons. The van der Waals surface area contributed by atoms with E-state index in [0.29, 0.717) is 0 Å². The minimum absolute atomic E-state index is 0.0215. The second kappa shape index (κ2) is 5.31. The van der Waals surface area contributed by atoms with E-state index in [4.69, 9.17) is 4.74 Å². The van der Waals surface area contributed by atoms with Gasteiger partial charge in [0.2, 0.25) is 0 Å². The van der Waals surface area contributed by atoms with Gasteiger partial charge in [-0.05, 0) is 24.9 Å². The summed E-state index contributed by atoms with van der Waals surface area (Å²) < 4.78 is 29.4. The van der Waals surface area contributed by atoms with Gasteiger partial charge in [-0.25, -0.2) is 0 Å². The van der Waals surface area contributed by atoms with Crippen molar-refractivity contribution in [1.29, 1.82) is 0 Å². The van der Waals surface area contributed by atoms with Gasteiger partial charge in [-0.1, -0.05) is 0 Å². The lowest BCUT2D eigenvalue weighted by atomic mass is 9.95. The Kier molecular flexibility index (Phi) is 5.12. The van der Waals surface area contributed by atoms with Crippen LogP contribution in [0.4, 0.5) is 0 Å². The Morgan fingerprint density at radius 2 is 2.08 bits per heavy atom. The average Bonchev–Trinajstić information content (AvgIpc) is 2.01. The van der Waals surface area contributed by atoms with Crippen molar-refractivity contribution in [3.05, 3.63) is 0 Å². The van der Waals surface area contributed by atoms with Crippen molar-refractivity contribution < 1.29 is 23.0 Å². The third-order valence-corrected chi connectivity index (χ3v) is 1.74. The van der Waals surface area contributed by atoms with Gasteiger partial charge >= 0.3 is 5.97 Å². The van der Waals surface area contributed by atoms with E-state index in [9.17, 15) is 13.6 Å². The van der Waals surface area contributed by atoms with E-state index in [1.54, 1.807) is 13.8 Å². The minimum Gasteiger partial charge on any atom is -0.771 e. The first-order valence-corrected chi connectivity index (χ1v) is 4.86. The molecule has 0 rings (SSSR count). The molecule has 0 aliphatic rings. The monoisotopic (exact) mass is 209 g/mol. The third-order valence-electron chi connectivity index (χ3n) is 1.38. The van der Waals surface area contributed by atoms with Crippen molar-refractivity contribution >= 4 is 17.0 Å². The second-order valence-electron chi connectivity index (χ2n) is 3.15. The van der Waals surface area contributed by atoms with Gasteiger partial charge in [0.1, 0.15) is 5.94 Å². The van der Waals surface area contributed by atoms with Gasteiger partial charge in [0.15, 0.2) is 0 Å². The van der Waals surface area contributed by atoms with Crippen LogP contribution in [0.5, 0.6) is 0 Å². The average molecular weight is 209 g/mol. The maximum absolute atomic E-state index is 11.1. The summed E-state index contributed by atoms with van der Waals surface area (Å²) in [6, 6.07) is 0. The molecule has 1 atom stereocenters. The van der Waals surface area contributed by atoms with Crippen molar-refractivity contribution in [3.63, 3.8) is 0 Å². The zero-order valence-corrected chi connectivity index (χ0v) is 8.68. The van der Waals surface area contributed by atoms with Crippen LogP contribution >= 0.6 is 0 Å². The van der Waals surface area contributed by atoms with Crippen molar-refractivity contribution in [3.8, 4) is 0 Å². The molecule has 13 heavy (non-hydrogen) atoms. The molecule has 0 aromatic carbocycles. The summed E-state index contributed by atoms with van der Waals surface area (Å²) in [4.78, 5) is 11.1. The molecule has 0 spiro atoms. The molecule has 0 aliphatic carbocycles. The van der Waals surface area contributed by atoms with E-state index < -0.39 is 28.4 Å². The molecular formula is C7H13O5S-. The van der Waals surface area contributed by atoms with Crippen LogP contribution in [-0.4, -0.2) is 34.4 Å². The quantitative estimate of drug-likeness (QED) is 0.472. The highest BCUT2D eigenvalue weighted by Gasteiger charge is 2.28. The van der Waals surface area contributed by atoms with Gasteiger partial charge in [-0.3, -0.25) is 9.00 Å². The highest BCUT2D eigenvalue weighted by atomic mass is 32.2. The highest BCUT2D eigenvalue weighted by Crippen LogP contribution is 2.17. The summed E-state index contributed by atoms with van der Waals surface area (Å²) in [6.07, 6.45) is 0. The largest absolute Gasteiger partial charge is 0.771 e. The summed E-state index contributed by atoms with van der Waals surface area (Å²) in [5, 5.41) is 0. The molecule has 5 nitrogen and oxygen atoms in total. The third kappa shape index (κ3) is 4.97. The molecule has 0 saturated heterocycles. The summed E-state index contributed by atoms with van der Waals surface area (Å²) >= 11 is -2.24. The van der Waals surface area contributed by atoms with E-state index >= 15 is 0 Å². The van der Waals surface area contributed by atoms with E-state index in [2.05, 4.69) is 4.74 Å². The molecule has 0 N–H and O–H groups in total. The normalized spacial score (nSPS) is 13.8. The van der Waals surface area contributed by atoms with Crippen LogP contribution < -0.4 is 0 Å². The molecule has 6 heteroatoms. The summed E-state index contributed by atoms with van der Waals surface area (Å²) in [5.74, 6) is -0.829. The van der Waals surface area contributed by atoms with Crippen molar-refractivity contribution in [1.82, 2.24) is 0 Å². The number of hydrogen-bond donors (Lipinski definition) is 0. The number of hydrogen-bond acceptors (Lipinski definition) is 5. The topological polar surface area (TPSA) is 75.7 Å². The van der Waals surface area contributed by atoms with Crippen LogP contribution in [0.3, 0.4) is 0 Å². The number of methoxy groups -OCH3 is 1. The summed E-state index contributed by atoms with van der Waals surface area (Å²) in [7, 11) is 1.27. The van der Waals surface area contributed by atoms with Gasteiger partial charge in [-0.2, -0.15) is 0 Å². The first kappa shape index (κ1) is 12.5. The van der Waals surface area contributed by atoms with Crippen LogP contribution in [0, 0.1) is 5.41 Å². The molecule has 0 amide bonds. The Labute approximate surface area is 79.7 Å². The van der Waals surface area contributed by atoms with Crippen LogP contribution in [0.25, 0.3) is 0 Å². The van der Waals surface area contributed by atoms with Gasteiger partial charge in [0.25, 0.3) is 0 Å². The van der Waals surface area contributed by atoms with E-state index in [1.807, 2.05) is 0 Å². The Morgan fingerprint density at radius 3 is 2.46 bits per heavy atom. The standard InChI is InChI=1S/C7H14O5S/c1-7(2,6(8)11-3)4-12-5-13(9)10/h4-5H2,1-3H3,(H,9,10)/p-1. The van der Waals surface area contributed by atoms with E-state index in [1.165, 1.54) is 7.11 Å². The first-order valence-electron chi connectivity index (χ1n) is 3.62. The lowest BCUT2D eigenvalue weighted by Gasteiger charge is -2.21. The molecule has 0 aromatic heterocycles. The molecule has 0 saturated carbocycles. The van der Waals surface area contributed by atoms with Crippen molar-refractivity contribution in [2.75, 3.05) is 19.7 Å². The molecule has 0 fully saturated rings. The molecule has 1 unspecified atom stereocenters. The molecule has 0 heterocycles. The lowest BCUT2D eigenvalue weighted by Crippen LogP contribution is -2.31. The zero-order valence-electron chi connectivity index (χ0n) is 7.86. The molecule has 0 aromatic rings. The maximum Gasteiger partial charge on any atom is 0.313 e. The van der Waals surface area contributed by atoms with Crippen LogP contribution in [0.1, 0.15) is 13.8 Å². The maximum atomic E-state index is 11.1. The SMILES string of the molecule is COC(=O)C(C)(C)COCS(=O)[O-]. The second-order valence-corrected chi connectivity index (χ2v) is 3.99. The Morgan fingerprint density at radius 1 is 1.54 bits per heavy atom. The number of esters is 1. The van der Waals surface area contributed by atoms with Gasteiger partial charge < -0.3 is 14.0 Å². The van der Waals surface area contributed by atoms with Crippen LogP contribution in [0.2, 0.25) is 0 Å². The number of carbonyl (C=O) groups excluding carboxylic acids is 1. The fraction of sp³-hybridized carbons (Fsp3) is 0.857. The molecule has 0 aliphatic heterocycles. The van der Waals surface area contributed by atoms with Crippen LogP contribution in [0.15, 0.2) is 0 Å². The highest BCUT2D eigenvalue weighted by molar-refractivity contribution is 7.78. The van der Waals surface area contributed by atoms with Crippen LogP contribution in [-0.2, 0) is 25.3 Å². The Balaban J connectivity index is 3.89. The smallest absolute Gasteiger partial charge is 0.313 e. The van der Waals surface area contributed by atoms with Gasteiger partial charge in [0, 0.05) is 0 Å². The number of rotatable bonds is 5. The van der Waals surface area contributed by atoms with Gasteiger partial charge in [0.05, 0.1) is 19.1 Å². The lowest BCUT2D eigenvalue weighted by molar-refractivity contribution is -0.153. The Bertz CT molecular complexity index is 201. The molecule has 0 radical (unpaired) electrons. The number of carbonyl (C=O) groups is 1. The summed E-state index contributed by atoms with van der Waals surface area (Å²) in [6.45, 7) is 3.26. The van der Waals surface area contributed by atoms with E-state index in [0.717, 1.165) is 0 Å². The number of ether oxygens (including phenoxy) is 2. The zero-order chi connectivity index (χ0) is 10.5.